The van der Waals surface area contributed by atoms with E-state index in [1.54, 1.807) is 24.3 Å². The number of hydrogen-bond acceptors (Lipinski definition) is 4. The number of benzene rings is 2. The lowest BCUT2D eigenvalue weighted by Gasteiger charge is -2.06. The molecule has 0 atom stereocenters. The summed E-state index contributed by atoms with van der Waals surface area (Å²) in [6.45, 7) is 1.62. The molecular formula is C16H19NO3. The van der Waals surface area contributed by atoms with E-state index in [9.17, 15) is 15.3 Å². The first-order chi connectivity index (χ1) is 9.63. The Kier molecular flexibility index (Phi) is 4.85. The van der Waals surface area contributed by atoms with Crippen LogP contribution in [0.25, 0.3) is 0 Å². The molecule has 4 heteroatoms. The Morgan fingerprint density at radius 2 is 1.20 bits per heavy atom. The van der Waals surface area contributed by atoms with Crippen molar-refractivity contribution in [3.8, 4) is 17.2 Å². The van der Waals surface area contributed by atoms with Crippen molar-refractivity contribution in [1.29, 1.82) is 0 Å². The molecule has 20 heavy (non-hydrogen) atoms. The van der Waals surface area contributed by atoms with Gasteiger partial charge >= 0.3 is 0 Å². The van der Waals surface area contributed by atoms with Gasteiger partial charge in [-0.15, -0.1) is 0 Å². The van der Waals surface area contributed by atoms with E-state index >= 15 is 0 Å². The summed E-state index contributed by atoms with van der Waals surface area (Å²) >= 11 is 0. The van der Waals surface area contributed by atoms with Crippen LogP contribution in [-0.4, -0.2) is 28.4 Å². The van der Waals surface area contributed by atoms with Crippen LogP contribution < -0.4 is 5.32 Å². The van der Waals surface area contributed by atoms with Gasteiger partial charge in [0.05, 0.1) is 0 Å². The average Bonchev–Trinajstić information content (AvgIpc) is 2.39. The maximum absolute atomic E-state index is 9.37. The molecule has 0 radical (unpaired) electrons. The first kappa shape index (κ1) is 14.2. The molecular weight excluding hydrogens is 254 g/mol. The minimum atomic E-state index is 0.0871. The molecule has 0 saturated carbocycles. The maximum atomic E-state index is 9.37. The Hall–Kier alpha value is -2.20. The van der Waals surface area contributed by atoms with Crippen molar-refractivity contribution in [1.82, 2.24) is 5.32 Å². The molecule has 2 rings (SSSR count). The highest BCUT2D eigenvalue weighted by Gasteiger charge is 1.99. The number of rotatable bonds is 6. The topological polar surface area (TPSA) is 72.7 Å². The fraction of sp³-hybridized carbons (Fsp3) is 0.250. The summed E-state index contributed by atoms with van der Waals surface area (Å²) in [4.78, 5) is 0. The van der Waals surface area contributed by atoms with Crippen LogP contribution in [0.15, 0.2) is 42.5 Å². The van der Waals surface area contributed by atoms with Crippen LogP contribution in [0.3, 0.4) is 0 Å². The standard InChI is InChI=1S/C16H19NO3/c18-14-3-1-12(2-4-14)5-7-17-8-6-13-9-15(19)11-16(20)10-13/h1-4,9-11,17-20H,5-8H2. The van der Waals surface area contributed by atoms with E-state index in [0.717, 1.165) is 31.5 Å². The molecule has 0 spiro atoms. The number of phenolic OH excluding ortho intramolecular Hbond substituents is 3. The van der Waals surface area contributed by atoms with Crippen LogP contribution in [0.4, 0.5) is 0 Å². The second-order valence-electron chi connectivity index (χ2n) is 4.77. The molecule has 4 N–H and O–H groups in total. The molecule has 4 nitrogen and oxygen atoms in total. The first-order valence-electron chi connectivity index (χ1n) is 6.64. The van der Waals surface area contributed by atoms with Crippen LogP contribution in [0, 0.1) is 0 Å². The van der Waals surface area contributed by atoms with Gasteiger partial charge in [-0.05, 0) is 61.3 Å². The predicted octanol–water partition coefficient (Wildman–Crippen LogP) is 2.18. The molecule has 0 aliphatic heterocycles. The quantitative estimate of drug-likeness (QED) is 0.609. The van der Waals surface area contributed by atoms with Gasteiger partial charge in [-0.2, -0.15) is 0 Å². The molecule has 106 valence electrons. The molecule has 0 heterocycles. The van der Waals surface area contributed by atoms with Crippen molar-refractivity contribution in [2.75, 3.05) is 13.1 Å². The van der Waals surface area contributed by atoms with Gasteiger partial charge in [0.15, 0.2) is 0 Å². The van der Waals surface area contributed by atoms with Crippen molar-refractivity contribution in [3.63, 3.8) is 0 Å². The molecule has 0 bridgehead atoms. The molecule has 0 aliphatic carbocycles. The Morgan fingerprint density at radius 1 is 0.650 bits per heavy atom. The minimum Gasteiger partial charge on any atom is -0.508 e. The third-order valence-corrected chi connectivity index (χ3v) is 3.08. The zero-order valence-electron chi connectivity index (χ0n) is 11.2. The summed E-state index contributed by atoms with van der Waals surface area (Å²) < 4.78 is 0. The molecule has 0 aromatic heterocycles. The Balaban J connectivity index is 1.70. The van der Waals surface area contributed by atoms with Crippen LogP contribution >= 0.6 is 0 Å². The van der Waals surface area contributed by atoms with Gasteiger partial charge < -0.3 is 20.6 Å². The SMILES string of the molecule is Oc1ccc(CCNCCc2cc(O)cc(O)c2)cc1. The fourth-order valence-corrected chi connectivity index (χ4v) is 2.05. The monoisotopic (exact) mass is 273 g/mol. The lowest BCUT2D eigenvalue weighted by atomic mass is 10.1. The number of nitrogens with one attached hydrogen (secondary N) is 1. The lowest BCUT2D eigenvalue weighted by molar-refractivity contribution is 0.449. The summed E-state index contributed by atoms with van der Waals surface area (Å²) in [6, 6.07) is 11.8. The normalized spacial score (nSPS) is 10.6. The third-order valence-electron chi connectivity index (χ3n) is 3.08. The number of aromatic hydroxyl groups is 3. The number of phenols is 3. The van der Waals surface area contributed by atoms with Gasteiger partial charge in [0, 0.05) is 6.07 Å². The summed E-state index contributed by atoms with van der Waals surface area (Å²) in [5.74, 6) is 0.457. The molecule has 0 saturated heterocycles. The van der Waals surface area contributed by atoms with Crippen LogP contribution in [0.5, 0.6) is 17.2 Å². The fourth-order valence-electron chi connectivity index (χ4n) is 2.05. The van der Waals surface area contributed by atoms with Gasteiger partial charge in [-0.3, -0.25) is 0 Å². The van der Waals surface area contributed by atoms with E-state index in [2.05, 4.69) is 5.32 Å². The lowest BCUT2D eigenvalue weighted by Crippen LogP contribution is -2.20. The first-order valence-corrected chi connectivity index (χ1v) is 6.64. The zero-order chi connectivity index (χ0) is 14.4. The van der Waals surface area contributed by atoms with Crippen LogP contribution in [0.2, 0.25) is 0 Å². The third kappa shape index (κ3) is 4.48. The zero-order valence-corrected chi connectivity index (χ0v) is 11.2. The number of hydrogen-bond donors (Lipinski definition) is 4. The molecule has 0 amide bonds. The van der Waals surface area contributed by atoms with Gasteiger partial charge in [0.1, 0.15) is 17.2 Å². The molecule has 0 aliphatic rings. The van der Waals surface area contributed by atoms with Gasteiger partial charge in [-0.1, -0.05) is 12.1 Å². The second kappa shape index (κ2) is 6.82. The van der Waals surface area contributed by atoms with E-state index in [1.807, 2.05) is 12.1 Å². The Bertz CT molecular complexity index is 532. The predicted molar refractivity (Wildman–Crippen MR) is 78.2 cm³/mol. The van der Waals surface area contributed by atoms with Crippen molar-refractivity contribution in [2.24, 2.45) is 0 Å². The van der Waals surface area contributed by atoms with E-state index in [-0.39, 0.29) is 17.2 Å². The summed E-state index contributed by atoms with van der Waals surface area (Å²) in [5, 5.41) is 31.2. The molecule has 0 unspecified atom stereocenters. The Morgan fingerprint density at radius 3 is 1.80 bits per heavy atom. The van der Waals surface area contributed by atoms with E-state index in [1.165, 1.54) is 11.6 Å². The highest BCUT2D eigenvalue weighted by molar-refractivity contribution is 5.36. The van der Waals surface area contributed by atoms with Crippen molar-refractivity contribution in [3.05, 3.63) is 53.6 Å². The summed E-state index contributed by atoms with van der Waals surface area (Å²) in [7, 11) is 0. The average molecular weight is 273 g/mol. The second-order valence-corrected chi connectivity index (χ2v) is 4.77. The van der Waals surface area contributed by atoms with Crippen molar-refractivity contribution >= 4 is 0 Å². The summed E-state index contributed by atoms with van der Waals surface area (Å²) in [6.07, 6.45) is 1.64. The minimum absolute atomic E-state index is 0.0871. The van der Waals surface area contributed by atoms with Gasteiger partial charge in [0.25, 0.3) is 0 Å². The summed E-state index contributed by atoms with van der Waals surface area (Å²) in [5.41, 5.74) is 2.07. The smallest absolute Gasteiger partial charge is 0.119 e. The van der Waals surface area contributed by atoms with Crippen molar-refractivity contribution in [2.45, 2.75) is 12.8 Å². The van der Waals surface area contributed by atoms with Gasteiger partial charge in [0.2, 0.25) is 0 Å². The highest BCUT2D eigenvalue weighted by atomic mass is 16.3. The molecule has 2 aromatic rings. The molecule has 2 aromatic carbocycles. The van der Waals surface area contributed by atoms with Crippen LogP contribution in [0.1, 0.15) is 11.1 Å². The molecule has 0 fully saturated rings. The van der Waals surface area contributed by atoms with Crippen LogP contribution in [-0.2, 0) is 12.8 Å². The largest absolute Gasteiger partial charge is 0.508 e. The van der Waals surface area contributed by atoms with Crippen molar-refractivity contribution < 1.29 is 15.3 Å². The maximum Gasteiger partial charge on any atom is 0.119 e. The Labute approximate surface area is 118 Å². The van der Waals surface area contributed by atoms with E-state index in [4.69, 9.17) is 0 Å². The van der Waals surface area contributed by atoms with E-state index < -0.39 is 0 Å². The van der Waals surface area contributed by atoms with Gasteiger partial charge in [-0.25, -0.2) is 0 Å². The van der Waals surface area contributed by atoms with E-state index in [0.29, 0.717) is 0 Å². The highest BCUT2D eigenvalue weighted by Crippen LogP contribution is 2.20.